The van der Waals surface area contributed by atoms with Crippen molar-refractivity contribution in [3.8, 4) is 5.75 Å². The second kappa shape index (κ2) is 5.69. The van der Waals surface area contributed by atoms with Gasteiger partial charge < -0.3 is 4.74 Å². The molecule has 0 aliphatic heterocycles. The zero-order valence-corrected chi connectivity index (χ0v) is 10.5. The average Bonchev–Trinajstić information content (AvgIpc) is 2.31. The minimum absolute atomic E-state index is 0.132. The highest BCUT2D eigenvalue weighted by Gasteiger charge is 2.17. The summed E-state index contributed by atoms with van der Waals surface area (Å²) >= 11 is 0. The first-order valence-corrected chi connectivity index (χ1v) is 5.82. The van der Waals surface area contributed by atoms with Crippen molar-refractivity contribution in [2.45, 2.75) is 33.6 Å². The predicted octanol–water partition coefficient (Wildman–Crippen LogP) is 3.62. The van der Waals surface area contributed by atoms with E-state index < -0.39 is 0 Å². The largest absolute Gasteiger partial charge is 0.496 e. The molecule has 0 saturated carbocycles. The fraction of sp³-hybridized carbons (Fsp3) is 0.500. The van der Waals surface area contributed by atoms with Crippen molar-refractivity contribution in [3.05, 3.63) is 29.3 Å². The summed E-state index contributed by atoms with van der Waals surface area (Å²) in [6.45, 7) is 6.08. The molecule has 0 bridgehead atoms. The van der Waals surface area contributed by atoms with E-state index in [4.69, 9.17) is 4.74 Å². The van der Waals surface area contributed by atoms with Crippen molar-refractivity contribution < 1.29 is 9.53 Å². The smallest absolute Gasteiger partial charge is 0.166 e. The molecule has 0 spiro atoms. The number of hydrogen-bond acceptors (Lipinski definition) is 2. The highest BCUT2D eigenvalue weighted by atomic mass is 16.5. The molecule has 0 unspecified atom stereocenters. The van der Waals surface area contributed by atoms with Gasteiger partial charge in [-0.05, 0) is 31.4 Å². The molecule has 0 amide bonds. The monoisotopic (exact) mass is 220 g/mol. The molecule has 2 nitrogen and oxygen atoms in total. The molecule has 0 saturated heterocycles. The fourth-order valence-electron chi connectivity index (χ4n) is 1.87. The van der Waals surface area contributed by atoms with E-state index in [1.165, 1.54) is 0 Å². The van der Waals surface area contributed by atoms with Crippen LogP contribution in [-0.4, -0.2) is 12.9 Å². The van der Waals surface area contributed by atoms with E-state index in [0.717, 1.165) is 29.7 Å². The van der Waals surface area contributed by atoms with Crippen LogP contribution < -0.4 is 4.74 Å². The van der Waals surface area contributed by atoms with E-state index in [1.54, 1.807) is 7.11 Å². The fourth-order valence-corrected chi connectivity index (χ4v) is 1.87. The molecule has 2 heteroatoms. The van der Waals surface area contributed by atoms with Crippen LogP contribution in [0.5, 0.6) is 5.75 Å². The number of ketones is 1. The Morgan fingerprint density at radius 1 is 1.31 bits per heavy atom. The minimum atomic E-state index is 0.132. The van der Waals surface area contributed by atoms with E-state index in [1.807, 2.05) is 25.1 Å². The van der Waals surface area contributed by atoms with Gasteiger partial charge in [0, 0.05) is 11.5 Å². The molecule has 0 aliphatic rings. The molecule has 0 aromatic heterocycles. The van der Waals surface area contributed by atoms with E-state index in [0.29, 0.717) is 0 Å². The van der Waals surface area contributed by atoms with Crippen molar-refractivity contribution in [3.63, 3.8) is 0 Å². The van der Waals surface area contributed by atoms with Gasteiger partial charge in [0.15, 0.2) is 5.78 Å². The number of hydrogen-bond donors (Lipinski definition) is 0. The third-order valence-corrected chi connectivity index (χ3v) is 3.05. The quantitative estimate of drug-likeness (QED) is 0.708. The number of benzene rings is 1. The molecular weight excluding hydrogens is 200 g/mol. The Bertz CT molecular complexity index is 365. The topological polar surface area (TPSA) is 26.3 Å². The van der Waals surface area contributed by atoms with Gasteiger partial charge in [0.1, 0.15) is 5.75 Å². The molecule has 1 aromatic carbocycles. The number of ether oxygens (including phenoxy) is 1. The van der Waals surface area contributed by atoms with Crippen molar-refractivity contribution in [1.82, 2.24) is 0 Å². The van der Waals surface area contributed by atoms with Crippen LogP contribution in [-0.2, 0) is 0 Å². The number of rotatable bonds is 5. The maximum Gasteiger partial charge on any atom is 0.166 e. The molecule has 0 aliphatic carbocycles. The van der Waals surface area contributed by atoms with Crippen molar-refractivity contribution in [2.75, 3.05) is 7.11 Å². The average molecular weight is 220 g/mol. The number of Topliss-reactive ketones (excluding diaryl/α,β-unsaturated/α-hetero) is 1. The van der Waals surface area contributed by atoms with Gasteiger partial charge in [-0.3, -0.25) is 4.79 Å². The second-order valence-electron chi connectivity index (χ2n) is 4.06. The van der Waals surface area contributed by atoms with Crippen LogP contribution in [0, 0.1) is 12.8 Å². The molecule has 0 heterocycles. The summed E-state index contributed by atoms with van der Waals surface area (Å²) in [5.74, 6) is 1.15. The van der Waals surface area contributed by atoms with Crippen molar-refractivity contribution in [2.24, 2.45) is 5.92 Å². The van der Waals surface area contributed by atoms with Crippen LogP contribution in [0.3, 0.4) is 0 Å². The highest BCUT2D eigenvalue weighted by molar-refractivity contribution is 5.98. The van der Waals surface area contributed by atoms with E-state index in [-0.39, 0.29) is 11.7 Å². The molecule has 0 fully saturated rings. The third-order valence-electron chi connectivity index (χ3n) is 3.05. The van der Waals surface area contributed by atoms with Crippen LogP contribution in [0.25, 0.3) is 0 Å². The third kappa shape index (κ3) is 2.63. The normalized spacial score (nSPS) is 10.6. The van der Waals surface area contributed by atoms with E-state index >= 15 is 0 Å². The van der Waals surface area contributed by atoms with Gasteiger partial charge in [-0.25, -0.2) is 0 Å². The molecule has 1 rings (SSSR count). The van der Waals surface area contributed by atoms with E-state index in [2.05, 4.69) is 13.8 Å². The summed E-state index contributed by atoms with van der Waals surface area (Å²) in [5, 5.41) is 0. The molecule has 0 radical (unpaired) electrons. The number of methoxy groups -OCH3 is 1. The Morgan fingerprint density at radius 3 is 2.44 bits per heavy atom. The summed E-state index contributed by atoms with van der Waals surface area (Å²) in [4.78, 5) is 12.1. The summed E-state index contributed by atoms with van der Waals surface area (Å²) in [5.41, 5.74) is 1.82. The summed E-state index contributed by atoms with van der Waals surface area (Å²) in [6, 6.07) is 5.67. The highest BCUT2D eigenvalue weighted by Crippen LogP contribution is 2.22. The lowest BCUT2D eigenvalue weighted by molar-refractivity contribution is 0.0913. The van der Waals surface area contributed by atoms with Crippen LogP contribution in [0.4, 0.5) is 0 Å². The number of carbonyl (C=O) groups is 1. The molecular formula is C14H20O2. The Morgan fingerprint density at radius 2 is 1.94 bits per heavy atom. The van der Waals surface area contributed by atoms with Gasteiger partial charge in [-0.15, -0.1) is 0 Å². The maximum atomic E-state index is 12.1. The van der Waals surface area contributed by atoms with Gasteiger partial charge in [-0.1, -0.05) is 26.0 Å². The predicted molar refractivity (Wildman–Crippen MR) is 66.1 cm³/mol. The van der Waals surface area contributed by atoms with Gasteiger partial charge in [-0.2, -0.15) is 0 Å². The Hall–Kier alpha value is -1.31. The van der Waals surface area contributed by atoms with Gasteiger partial charge >= 0.3 is 0 Å². The standard InChI is InChI=1S/C14H20O2/c1-5-11(6-2)14(15)12-8-7-10(3)13(9-12)16-4/h7-9,11H,5-6H2,1-4H3. The lowest BCUT2D eigenvalue weighted by Gasteiger charge is -2.12. The van der Waals surface area contributed by atoms with E-state index in [9.17, 15) is 4.79 Å². The molecule has 1 aromatic rings. The lowest BCUT2D eigenvalue weighted by atomic mass is 9.92. The van der Waals surface area contributed by atoms with Crippen LogP contribution in [0.1, 0.15) is 42.6 Å². The van der Waals surface area contributed by atoms with Gasteiger partial charge in [0.05, 0.1) is 7.11 Å². The molecule has 88 valence electrons. The SMILES string of the molecule is CCC(CC)C(=O)c1ccc(C)c(OC)c1. The number of carbonyl (C=O) groups excluding carboxylic acids is 1. The maximum absolute atomic E-state index is 12.1. The molecule has 0 atom stereocenters. The Balaban J connectivity index is 3.00. The first-order valence-electron chi connectivity index (χ1n) is 5.82. The van der Waals surface area contributed by atoms with Gasteiger partial charge in [0.2, 0.25) is 0 Å². The van der Waals surface area contributed by atoms with Crippen molar-refractivity contribution in [1.29, 1.82) is 0 Å². The second-order valence-corrected chi connectivity index (χ2v) is 4.06. The minimum Gasteiger partial charge on any atom is -0.496 e. The van der Waals surface area contributed by atoms with Crippen LogP contribution in [0.2, 0.25) is 0 Å². The first kappa shape index (κ1) is 12.8. The zero-order chi connectivity index (χ0) is 12.1. The summed E-state index contributed by atoms with van der Waals surface area (Å²) in [7, 11) is 1.63. The van der Waals surface area contributed by atoms with Crippen LogP contribution >= 0.6 is 0 Å². The number of aryl methyl sites for hydroxylation is 1. The van der Waals surface area contributed by atoms with Crippen molar-refractivity contribution >= 4 is 5.78 Å². The van der Waals surface area contributed by atoms with Gasteiger partial charge in [0.25, 0.3) is 0 Å². The van der Waals surface area contributed by atoms with Crippen LogP contribution in [0.15, 0.2) is 18.2 Å². The summed E-state index contributed by atoms with van der Waals surface area (Å²) < 4.78 is 5.23. The first-order chi connectivity index (χ1) is 7.63. The Labute approximate surface area is 97.6 Å². The summed E-state index contributed by atoms with van der Waals surface area (Å²) in [6.07, 6.45) is 1.79. The lowest BCUT2D eigenvalue weighted by Crippen LogP contribution is -2.13. The molecule has 16 heavy (non-hydrogen) atoms. The molecule has 0 N–H and O–H groups in total. The Kier molecular flexibility index (Phi) is 4.53. The zero-order valence-electron chi connectivity index (χ0n) is 10.5.